The standard InChI is InChI=1S/C14H18BrNO3/c15-12-3-1-2-11(8-12)9-16-6-4-13(5-7-16)19-10-14(17)18/h1-3,8,13H,4-7,9-10H2,(H,17,18). The lowest BCUT2D eigenvalue weighted by atomic mass is 10.1. The molecule has 19 heavy (non-hydrogen) atoms. The molecule has 0 atom stereocenters. The van der Waals surface area contributed by atoms with Crippen molar-refractivity contribution in [2.24, 2.45) is 0 Å². The van der Waals surface area contributed by atoms with Gasteiger partial charge in [0, 0.05) is 24.1 Å². The molecule has 0 aliphatic carbocycles. The molecule has 1 aromatic carbocycles. The molecular formula is C14H18BrNO3. The summed E-state index contributed by atoms with van der Waals surface area (Å²) in [4.78, 5) is 12.8. The van der Waals surface area contributed by atoms with Gasteiger partial charge in [0.25, 0.3) is 0 Å². The number of likely N-dealkylation sites (tertiary alicyclic amines) is 1. The molecule has 104 valence electrons. The summed E-state index contributed by atoms with van der Waals surface area (Å²) >= 11 is 3.48. The van der Waals surface area contributed by atoms with Crippen molar-refractivity contribution in [3.63, 3.8) is 0 Å². The fraction of sp³-hybridized carbons (Fsp3) is 0.500. The van der Waals surface area contributed by atoms with Crippen LogP contribution in [0.25, 0.3) is 0 Å². The van der Waals surface area contributed by atoms with E-state index in [2.05, 4.69) is 33.0 Å². The summed E-state index contributed by atoms with van der Waals surface area (Å²) in [7, 11) is 0. The third-order valence-electron chi connectivity index (χ3n) is 3.27. The molecule has 1 aliphatic rings. The van der Waals surface area contributed by atoms with Crippen LogP contribution in [0.5, 0.6) is 0 Å². The Labute approximate surface area is 121 Å². The van der Waals surface area contributed by atoms with Crippen molar-refractivity contribution in [1.29, 1.82) is 0 Å². The maximum absolute atomic E-state index is 10.4. The Morgan fingerprint density at radius 3 is 2.79 bits per heavy atom. The van der Waals surface area contributed by atoms with E-state index in [-0.39, 0.29) is 12.7 Å². The lowest BCUT2D eigenvalue weighted by Gasteiger charge is -2.31. The minimum Gasteiger partial charge on any atom is -0.480 e. The monoisotopic (exact) mass is 327 g/mol. The molecule has 1 saturated heterocycles. The predicted octanol–water partition coefficient (Wildman–Crippen LogP) is 2.51. The molecule has 0 unspecified atom stereocenters. The van der Waals surface area contributed by atoms with Gasteiger partial charge in [0.15, 0.2) is 0 Å². The van der Waals surface area contributed by atoms with Crippen molar-refractivity contribution in [3.8, 4) is 0 Å². The second-order valence-electron chi connectivity index (χ2n) is 4.81. The molecule has 2 rings (SSSR count). The quantitative estimate of drug-likeness (QED) is 0.902. The molecule has 0 spiro atoms. The van der Waals surface area contributed by atoms with Gasteiger partial charge in [-0.1, -0.05) is 28.1 Å². The molecule has 0 bridgehead atoms. The van der Waals surface area contributed by atoms with Gasteiger partial charge in [-0.25, -0.2) is 4.79 Å². The Hall–Kier alpha value is -0.910. The SMILES string of the molecule is O=C(O)COC1CCN(Cc2cccc(Br)c2)CC1. The summed E-state index contributed by atoms with van der Waals surface area (Å²) in [6.45, 7) is 2.66. The van der Waals surface area contributed by atoms with E-state index in [9.17, 15) is 4.79 Å². The van der Waals surface area contributed by atoms with E-state index in [1.807, 2.05) is 12.1 Å². The van der Waals surface area contributed by atoms with Crippen LogP contribution in [0.3, 0.4) is 0 Å². The van der Waals surface area contributed by atoms with Crippen LogP contribution >= 0.6 is 15.9 Å². The molecule has 0 aromatic heterocycles. The summed E-state index contributed by atoms with van der Waals surface area (Å²) in [6.07, 6.45) is 1.90. The van der Waals surface area contributed by atoms with E-state index in [4.69, 9.17) is 9.84 Å². The predicted molar refractivity (Wildman–Crippen MR) is 76.0 cm³/mol. The van der Waals surface area contributed by atoms with Crippen LogP contribution in [0, 0.1) is 0 Å². The highest BCUT2D eigenvalue weighted by molar-refractivity contribution is 9.10. The highest BCUT2D eigenvalue weighted by Crippen LogP contribution is 2.18. The number of carboxylic acids is 1. The Morgan fingerprint density at radius 1 is 1.42 bits per heavy atom. The molecule has 0 amide bonds. The highest BCUT2D eigenvalue weighted by Gasteiger charge is 2.20. The molecule has 1 aromatic rings. The largest absolute Gasteiger partial charge is 0.480 e. The number of halogens is 1. The number of rotatable bonds is 5. The van der Waals surface area contributed by atoms with Crippen LogP contribution in [-0.4, -0.2) is 41.8 Å². The first-order valence-corrected chi connectivity index (χ1v) is 7.23. The molecule has 0 radical (unpaired) electrons. The number of piperidine rings is 1. The van der Waals surface area contributed by atoms with E-state index >= 15 is 0 Å². The number of nitrogens with zero attached hydrogens (tertiary/aromatic N) is 1. The first-order chi connectivity index (χ1) is 9.13. The van der Waals surface area contributed by atoms with Crippen LogP contribution in [0.2, 0.25) is 0 Å². The molecule has 1 N–H and O–H groups in total. The van der Waals surface area contributed by atoms with Crippen molar-refractivity contribution in [2.45, 2.75) is 25.5 Å². The van der Waals surface area contributed by atoms with Gasteiger partial charge < -0.3 is 9.84 Å². The third-order valence-corrected chi connectivity index (χ3v) is 3.77. The Balaban J connectivity index is 1.75. The number of aliphatic carboxylic acids is 1. The number of hydrogen-bond acceptors (Lipinski definition) is 3. The smallest absolute Gasteiger partial charge is 0.329 e. The normalized spacial score (nSPS) is 17.5. The van der Waals surface area contributed by atoms with Gasteiger partial charge in [0.05, 0.1) is 6.10 Å². The molecular weight excluding hydrogens is 310 g/mol. The Kier molecular flexibility index (Phi) is 5.36. The zero-order valence-corrected chi connectivity index (χ0v) is 12.3. The van der Waals surface area contributed by atoms with Crippen LogP contribution in [0.4, 0.5) is 0 Å². The van der Waals surface area contributed by atoms with Gasteiger partial charge in [-0.3, -0.25) is 4.90 Å². The van der Waals surface area contributed by atoms with E-state index in [1.54, 1.807) is 0 Å². The van der Waals surface area contributed by atoms with Crippen molar-refractivity contribution in [2.75, 3.05) is 19.7 Å². The second kappa shape index (κ2) is 7.03. The van der Waals surface area contributed by atoms with E-state index < -0.39 is 5.97 Å². The van der Waals surface area contributed by atoms with Gasteiger partial charge >= 0.3 is 5.97 Å². The Morgan fingerprint density at radius 2 is 2.16 bits per heavy atom. The van der Waals surface area contributed by atoms with Crippen molar-refractivity contribution < 1.29 is 14.6 Å². The average molecular weight is 328 g/mol. The van der Waals surface area contributed by atoms with Gasteiger partial charge in [-0.2, -0.15) is 0 Å². The number of benzene rings is 1. The molecule has 1 fully saturated rings. The zero-order valence-electron chi connectivity index (χ0n) is 10.7. The summed E-state index contributed by atoms with van der Waals surface area (Å²) in [5.74, 6) is -0.892. The van der Waals surface area contributed by atoms with Crippen molar-refractivity contribution in [1.82, 2.24) is 4.90 Å². The second-order valence-corrected chi connectivity index (χ2v) is 5.73. The third kappa shape index (κ3) is 4.93. The summed E-state index contributed by atoms with van der Waals surface area (Å²) < 4.78 is 6.43. The average Bonchev–Trinajstić information content (AvgIpc) is 2.38. The minimum atomic E-state index is -0.892. The highest BCUT2D eigenvalue weighted by atomic mass is 79.9. The van der Waals surface area contributed by atoms with Crippen molar-refractivity contribution >= 4 is 21.9 Å². The van der Waals surface area contributed by atoms with Crippen LogP contribution in [-0.2, 0) is 16.1 Å². The van der Waals surface area contributed by atoms with Crippen LogP contribution in [0.1, 0.15) is 18.4 Å². The van der Waals surface area contributed by atoms with Crippen LogP contribution < -0.4 is 0 Å². The van der Waals surface area contributed by atoms with Gasteiger partial charge in [-0.05, 0) is 30.5 Å². The summed E-state index contributed by atoms with van der Waals surface area (Å²) in [6, 6.07) is 8.32. The maximum Gasteiger partial charge on any atom is 0.329 e. The van der Waals surface area contributed by atoms with E-state index in [1.165, 1.54) is 5.56 Å². The summed E-state index contributed by atoms with van der Waals surface area (Å²) in [5.41, 5.74) is 1.29. The number of carboxylic acid groups (broad SMARTS) is 1. The topological polar surface area (TPSA) is 49.8 Å². The van der Waals surface area contributed by atoms with Crippen LogP contribution in [0.15, 0.2) is 28.7 Å². The molecule has 0 saturated carbocycles. The first-order valence-electron chi connectivity index (χ1n) is 6.43. The fourth-order valence-electron chi connectivity index (χ4n) is 2.32. The van der Waals surface area contributed by atoms with E-state index in [0.29, 0.717) is 0 Å². The minimum absolute atomic E-state index is 0.0925. The molecule has 4 nitrogen and oxygen atoms in total. The number of ether oxygens (including phenoxy) is 1. The van der Waals surface area contributed by atoms with Gasteiger partial charge in [-0.15, -0.1) is 0 Å². The van der Waals surface area contributed by atoms with E-state index in [0.717, 1.165) is 36.9 Å². The maximum atomic E-state index is 10.4. The van der Waals surface area contributed by atoms with Gasteiger partial charge in [0.2, 0.25) is 0 Å². The number of carbonyl (C=O) groups is 1. The zero-order chi connectivity index (χ0) is 13.7. The Bertz CT molecular complexity index is 430. The molecule has 5 heteroatoms. The van der Waals surface area contributed by atoms with Gasteiger partial charge in [0.1, 0.15) is 6.61 Å². The lowest BCUT2D eigenvalue weighted by molar-refractivity contribution is -0.145. The fourth-order valence-corrected chi connectivity index (χ4v) is 2.76. The lowest BCUT2D eigenvalue weighted by Crippen LogP contribution is -2.37. The molecule has 1 heterocycles. The van der Waals surface area contributed by atoms with Crippen molar-refractivity contribution in [3.05, 3.63) is 34.3 Å². The first kappa shape index (κ1) is 14.5. The molecule has 1 aliphatic heterocycles. The number of hydrogen-bond donors (Lipinski definition) is 1. The summed E-state index contributed by atoms with van der Waals surface area (Å²) in [5, 5.41) is 8.58.